The number of hydrogen-bond acceptors (Lipinski definition) is 6. The number of carbonyl (C=O) groups is 2. The number of aryl methyl sites for hydroxylation is 2. The lowest BCUT2D eigenvalue weighted by atomic mass is 10.3. The third-order valence-electron chi connectivity index (χ3n) is 2.91. The van der Waals surface area contributed by atoms with Gasteiger partial charge in [0, 0.05) is 30.2 Å². The molecule has 0 atom stereocenters. The van der Waals surface area contributed by atoms with Gasteiger partial charge in [-0.15, -0.1) is 11.3 Å². The predicted octanol–water partition coefficient (Wildman–Crippen LogP) is 1.78. The van der Waals surface area contributed by atoms with Crippen LogP contribution in [0, 0.1) is 6.92 Å². The summed E-state index contributed by atoms with van der Waals surface area (Å²) >= 11 is 1.29. The molecular formula is C14H18N4O3S. The summed E-state index contributed by atoms with van der Waals surface area (Å²) < 4.78 is 6.63. The molecule has 0 aliphatic carbocycles. The molecule has 0 aliphatic rings. The quantitative estimate of drug-likeness (QED) is 0.785. The van der Waals surface area contributed by atoms with Crippen LogP contribution in [0.2, 0.25) is 0 Å². The normalized spacial score (nSPS) is 10.5. The molecule has 0 bridgehead atoms. The summed E-state index contributed by atoms with van der Waals surface area (Å²) in [5, 5.41) is 9.07. The second-order valence-corrected chi connectivity index (χ2v) is 5.48. The van der Waals surface area contributed by atoms with Gasteiger partial charge in [0.25, 0.3) is 0 Å². The van der Waals surface area contributed by atoms with Gasteiger partial charge < -0.3 is 10.1 Å². The topological polar surface area (TPSA) is 86.1 Å². The Balaban J connectivity index is 1.80. The van der Waals surface area contributed by atoms with E-state index in [9.17, 15) is 9.59 Å². The van der Waals surface area contributed by atoms with Gasteiger partial charge in [0.2, 0.25) is 5.91 Å². The van der Waals surface area contributed by atoms with Crippen LogP contribution in [0.4, 0.5) is 5.13 Å². The number of esters is 1. The fourth-order valence-corrected chi connectivity index (χ4v) is 2.55. The first-order chi connectivity index (χ1) is 10.6. The van der Waals surface area contributed by atoms with Crippen LogP contribution in [-0.2, 0) is 27.3 Å². The molecule has 8 heteroatoms. The van der Waals surface area contributed by atoms with Gasteiger partial charge in [-0.2, -0.15) is 5.10 Å². The molecule has 0 spiro atoms. The average molecular weight is 322 g/mol. The van der Waals surface area contributed by atoms with Crippen molar-refractivity contribution < 1.29 is 14.3 Å². The zero-order valence-corrected chi connectivity index (χ0v) is 13.4. The minimum atomic E-state index is -0.320. The van der Waals surface area contributed by atoms with E-state index in [-0.39, 0.29) is 18.3 Å². The van der Waals surface area contributed by atoms with Crippen molar-refractivity contribution in [1.29, 1.82) is 0 Å². The second-order valence-electron chi connectivity index (χ2n) is 4.62. The number of aromatic nitrogens is 3. The van der Waals surface area contributed by atoms with Gasteiger partial charge in [0.1, 0.15) is 0 Å². The summed E-state index contributed by atoms with van der Waals surface area (Å²) in [6, 6.07) is 1.89. The zero-order chi connectivity index (χ0) is 15.9. The van der Waals surface area contributed by atoms with Crippen LogP contribution in [0.1, 0.15) is 24.7 Å². The van der Waals surface area contributed by atoms with Gasteiger partial charge in [-0.05, 0) is 19.9 Å². The van der Waals surface area contributed by atoms with Crippen molar-refractivity contribution in [3.05, 3.63) is 29.0 Å². The van der Waals surface area contributed by atoms with Gasteiger partial charge in [-0.3, -0.25) is 14.3 Å². The molecule has 0 unspecified atom stereocenters. The average Bonchev–Trinajstić information content (AvgIpc) is 3.06. The lowest BCUT2D eigenvalue weighted by molar-refractivity contribution is -0.142. The standard InChI is InChI=1S/C14H18N4O3S/c1-3-21-13(20)8-11-9-22-14(16-11)17-12(19)5-7-18-10(2)4-6-15-18/h4,6,9H,3,5,7-8H2,1-2H3,(H,16,17,19). The Kier molecular flexibility index (Phi) is 5.65. The van der Waals surface area contributed by atoms with E-state index in [1.54, 1.807) is 23.2 Å². The number of nitrogens with one attached hydrogen (secondary N) is 1. The Labute approximate surface area is 132 Å². The molecule has 2 rings (SSSR count). The number of rotatable bonds is 7. The van der Waals surface area contributed by atoms with Gasteiger partial charge >= 0.3 is 5.97 Å². The number of ether oxygens (including phenoxy) is 1. The fourth-order valence-electron chi connectivity index (χ4n) is 1.83. The van der Waals surface area contributed by atoms with Crippen LogP contribution in [-0.4, -0.2) is 33.2 Å². The molecule has 118 valence electrons. The van der Waals surface area contributed by atoms with E-state index in [0.717, 1.165) is 5.69 Å². The van der Waals surface area contributed by atoms with Gasteiger partial charge in [-0.1, -0.05) is 0 Å². The Hall–Kier alpha value is -2.22. The van der Waals surface area contributed by atoms with E-state index in [0.29, 0.717) is 30.4 Å². The van der Waals surface area contributed by atoms with Crippen molar-refractivity contribution in [2.45, 2.75) is 33.2 Å². The van der Waals surface area contributed by atoms with Crippen molar-refractivity contribution in [3.8, 4) is 0 Å². The van der Waals surface area contributed by atoms with Gasteiger partial charge in [0.15, 0.2) is 5.13 Å². The molecule has 2 heterocycles. The smallest absolute Gasteiger partial charge is 0.311 e. The van der Waals surface area contributed by atoms with E-state index < -0.39 is 0 Å². The van der Waals surface area contributed by atoms with Crippen molar-refractivity contribution in [1.82, 2.24) is 14.8 Å². The highest BCUT2D eigenvalue weighted by Gasteiger charge is 2.10. The molecule has 0 saturated carbocycles. The molecular weight excluding hydrogens is 304 g/mol. The molecule has 1 amide bonds. The van der Waals surface area contributed by atoms with E-state index >= 15 is 0 Å². The van der Waals surface area contributed by atoms with E-state index in [2.05, 4.69) is 15.4 Å². The first-order valence-corrected chi connectivity index (χ1v) is 7.84. The Morgan fingerprint density at radius 3 is 2.95 bits per heavy atom. The largest absolute Gasteiger partial charge is 0.466 e. The number of carbonyl (C=O) groups excluding carboxylic acids is 2. The molecule has 0 fully saturated rings. The van der Waals surface area contributed by atoms with Crippen molar-refractivity contribution in [3.63, 3.8) is 0 Å². The molecule has 0 aliphatic heterocycles. The summed E-state index contributed by atoms with van der Waals surface area (Å²) in [6.07, 6.45) is 2.14. The van der Waals surface area contributed by atoms with Crippen LogP contribution in [0.25, 0.3) is 0 Å². The number of anilines is 1. The number of thiazole rings is 1. The molecule has 0 radical (unpaired) electrons. The van der Waals surface area contributed by atoms with Crippen LogP contribution < -0.4 is 5.32 Å². The molecule has 0 saturated heterocycles. The molecule has 2 aromatic heterocycles. The maximum atomic E-state index is 11.9. The molecule has 0 aromatic carbocycles. The maximum Gasteiger partial charge on any atom is 0.311 e. The highest BCUT2D eigenvalue weighted by atomic mass is 32.1. The summed E-state index contributed by atoms with van der Waals surface area (Å²) in [6.45, 7) is 4.56. The van der Waals surface area contributed by atoms with E-state index in [4.69, 9.17) is 4.74 Å². The first-order valence-electron chi connectivity index (χ1n) is 6.96. The minimum Gasteiger partial charge on any atom is -0.466 e. The van der Waals surface area contributed by atoms with Gasteiger partial charge in [0.05, 0.1) is 18.7 Å². The van der Waals surface area contributed by atoms with Crippen molar-refractivity contribution in [2.75, 3.05) is 11.9 Å². The SMILES string of the molecule is CCOC(=O)Cc1csc(NC(=O)CCn2nccc2C)n1. The summed E-state index contributed by atoms with van der Waals surface area (Å²) in [5.41, 5.74) is 1.61. The summed E-state index contributed by atoms with van der Waals surface area (Å²) in [7, 11) is 0. The number of hydrogen-bond donors (Lipinski definition) is 1. The third-order valence-corrected chi connectivity index (χ3v) is 3.72. The zero-order valence-electron chi connectivity index (χ0n) is 12.5. The van der Waals surface area contributed by atoms with E-state index in [1.165, 1.54) is 11.3 Å². The number of nitrogens with zero attached hydrogens (tertiary/aromatic N) is 3. The molecule has 7 nitrogen and oxygen atoms in total. The fraction of sp³-hybridized carbons (Fsp3) is 0.429. The predicted molar refractivity (Wildman–Crippen MR) is 82.7 cm³/mol. The van der Waals surface area contributed by atoms with Crippen molar-refractivity contribution >= 4 is 28.3 Å². The summed E-state index contributed by atoms with van der Waals surface area (Å²) in [5.74, 6) is -0.452. The summed E-state index contributed by atoms with van der Waals surface area (Å²) in [4.78, 5) is 27.4. The minimum absolute atomic E-state index is 0.118. The van der Waals surface area contributed by atoms with Crippen LogP contribution >= 0.6 is 11.3 Å². The first kappa shape index (κ1) is 16.2. The molecule has 2 aromatic rings. The Morgan fingerprint density at radius 1 is 1.45 bits per heavy atom. The van der Waals surface area contributed by atoms with Crippen LogP contribution in [0.5, 0.6) is 0 Å². The lowest BCUT2D eigenvalue weighted by Gasteiger charge is -2.04. The lowest BCUT2D eigenvalue weighted by Crippen LogP contribution is -2.15. The second kappa shape index (κ2) is 7.69. The number of amides is 1. The monoisotopic (exact) mass is 322 g/mol. The van der Waals surface area contributed by atoms with Crippen molar-refractivity contribution in [2.24, 2.45) is 0 Å². The third kappa shape index (κ3) is 4.66. The molecule has 22 heavy (non-hydrogen) atoms. The highest BCUT2D eigenvalue weighted by Crippen LogP contribution is 2.16. The maximum absolute atomic E-state index is 11.9. The van der Waals surface area contributed by atoms with E-state index in [1.807, 2.05) is 13.0 Å². The molecule has 1 N–H and O–H groups in total. The Morgan fingerprint density at radius 2 is 2.27 bits per heavy atom. The van der Waals surface area contributed by atoms with Crippen LogP contribution in [0.15, 0.2) is 17.6 Å². The Bertz CT molecular complexity index is 650. The highest BCUT2D eigenvalue weighted by molar-refractivity contribution is 7.13. The van der Waals surface area contributed by atoms with Crippen LogP contribution in [0.3, 0.4) is 0 Å². The van der Waals surface area contributed by atoms with Gasteiger partial charge in [-0.25, -0.2) is 4.98 Å².